The molecule has 0 saturated carbocycles. The zero-order chi connectivity index (χ0) is 13.0. The molecule has 0 bridgehead atoms. The van der Waals surface area contributed by atoms with Crippen LogP contribution in [0.4, 0.5) is 5.69 Å². The Morgan fingerprint density at radius 3 is 2.56 bits per heavy atom. The van der Waals surface area contributed by atoms with Gasteiger partial charge in [0.05, 0.1) is 0 Å². The highest BCUT2D eigenvalue weighted by atomic mass is 35.5. The van der Waals surface area contributed by atoms with Crippen molar-refractivity contribution < 1.29 is 0 Å². The third-order valence-corrected chi connectivity index (χ3v) is 3.25. The predicted octanol–water partition coefficient (Wildman–Crippen LogP) is 3.77. The van der Waals surface area contributed by atoms with Crippen LogP contribution in [-0.2, 0) is 12.4 Å². The molecule has 0 fully saturated rings. The highest BCUT2D eigenvalue weighted by Gasteiger charge is 2.07. The minimum Gasteiger partial charge on any atom is -0.370 e. The second kappa shape index (κ2) is 5.87. The zero-order valence-corrected chi connectivity index (χ0v) is 11.5. The van der Waals surface area contributed by atoms with Crippen LogP contribution in [-0.4, -0.2) is 12.0 Å². The number of nitrogens with zero attached hydrogens (tertiary/aromatic N) is 2. The molecule has 18 heavy (non-hydrogen) atoms. The molecule has 2 rings (SSSR count). The average molecular weight is 261 g/mol. The molecule has 0 radical (unpaired) electrons. The fourth-order valence-electron chi connectivity index (χ4n) is 2.04. The molecule has 1 aromatic heterocycles. The quantitative estimate of drug-likeness (QED) is 0.778. The van der Waals surface area contributed by atoms with Crippen LogP contribution >= 0.6 is 11.6 Å². The fraction of sp³-hybridized carbons (Fsp3) is 0.267. The Morgan fingerprint density at radius 2 is 1.89 bits per heavy atom. The number of hydrogen-bond acceptors (Lipinski definition) is 2. The molecule has 0 aliphatic heterocycles. The standard InChI is InChI=1S/C15H17ClN2/c1-12-3-4-15(14(9-12)10-16)18(2)11-13-5-7-17-8-6-13/h3-9H,10-11H2,1-2H3. The van der Waals surface area contributed by atoms with Crippen molar-refractivity contribution in [1.29, 1.82) is 0 Å². The van der Waals surface area contributed by atoms with E-state index in [1.807, 2.05) is 24.5 Å². The number of halogens is 1. The van der Waals surface area contributed by atoms with Crippen LogP contribution in [0.25, 0.3) is 0 Å². The number of aromatic nitrogens is 1. The van der Waals surface area contributed by atoms with E-state index in [4.69, 9.17) is 11.6 Å². The van der Waals surface area contributed by atoms with Gasteiger partial charge in [0.25, 0.3) is 0 Å². The van der Waals surface area contributed by atoms with Crippen LogP contribution in [0.1, 0.15) is 16.7 Å². The molecule has 0 unspecified atom stereocenters. The first-order chi connectivity index (χ1) is 8.70. The monoisotopic (exact) mass is 260 g/mol. The Kier molecular flexibility index (Phi) is 4.21. The Hall–Kier alpha value is -1.54. The average Bonchev–Trinajstić information content (AvgIpc) is 2.39. The predicted molar refractivity (Wildman–Crippen MR) is 77.1 cm³/mol. The topological polar surface area (TPSA) is 16.1 Å². The molecule has 0 N–H and O–H groups in total. The second-order valence-electron chi connectivity index (χ2n) is 4.48. The van der Waals surface area contributed by atoms with Crippen molar-refractivity contribution in [2.45, 2.75) is 19.3 Å². The fourth-order valence-corrected chi connectivity index (χ4v) is 2.26. The summed E-state index contributed by atoms with van der Waals surface area (Å²) in [6, 6.07) is 10.5. The number of anilines is 1. The summed E-state index contributed by atoms with van der Waals surface area (Å²) in [6.45, 7) is 2.94. The maximum atomic E-state index is 6.01. The Labute approximate surface area is 113 Å². The first-order valence-corrected chi connectivity index (χ1v) is 6.49. The molecule has 1 heterocycles. The molecule has 2 nitrogen and oxygen atoms in total. The van der Waals surface area contributed by atoms with Gasteiger partial charge < -0.3 is 4.90 Å². The summed E-state index contributed by atoms with van der Waals surface area (Å²) in [7, 11) is 2.08. The highest BCUT2D eigenvalue weighted by Crippen LogP contribution is 2.24. The van der Waals surface area contributed by atoms with Crippen LogP contribution < -0.4 is 4.90 Å². The van der Waals surface area contributed by atoms with Crippen molar-refractivity contribution in [2.24, 2.45) is 0 Å². The van der Waals surface area contributed by atoms with Crippen LogP contribution in [0.3, 0.4) is 0 Å². The van der Waals surface area contributed by atoms with Crippen molar-refractivity contribution >= 4 is 17.3 Å². The Morgan fingerprint density at radius 1 is 1.17 bits per heavy atom. The lowest BCUT2D eigenvalue weighted by atomic mass is 10.1. The molecular formula is C15H17ClN2. The van der Waals surface area contributed by atoms with Gasteiger partial charge in [-0.3, -0.25) is 4.98 Å². The Balaban J connectivity index is 2.21. The van der Waals surface area contributed by atoms with Crippen LogP contribution in [0.5, 0.6) is 0 Å². The zero-order valence-electron chi connectivity index (χ0n) is 10.7. The molecule has 3 heteroatoms. The van der Waals surface area contributed by atoms with Gasteiger partial charge in [-0.1, -0.05) is 17.7 Å². The van der Waals surface area contributed by atoms with Gasteiger partial charge in [-0.15, -0.1) is 11.6 Å². The van der Waals surface area contributed by atoms with Gasteiger partial charge in [-0.2, -0.15) is 0 Å². The van der Waals surface area contributed by atoms with E-state index in [1.54, 1.807) is 0 Å². The summed E-state index contributed by atoms with van der Waals surface area (Å²) >= 11 is 6.01. The van der Waals surface area contributed by atoms with Gasteiger partial charge in [0.15, 0.2) is 0 Å². The largest absolute Gasteiger partial charge is 0.370 e. The smallest absolute Gasteiger partial charge is 0.0494 e. The van der Waals surface area contributed by atoms with Crippen molar-refractivity contribution in [1.82, 2.24) is 4.98 Å². The number of alkyl halides is 1. The van der Waals surface area contributed by atoms with Crippen molar-refractivity contribution in [3.63, 3.8) is 0 Å². The van der Waals surface area contributed by atoms with Gasteiger partial charge in [0.2, 0.25) is 0 Å². The molecule has 0 saturated heterocycles. The third-order valence-electron chi connectivity index (χ3n) is 2.96. The maximum Gasteiger partial charge on any atom is 0.0494 e. The van der Waals surface area contributed by atoms with Crippen LogP contribution in [0.15, 0.2) is 42.7 Å². The summed E-state index contributed by atoms with van der Waals surface area (Å²) in [5.74, 6) is 0.539. The molecule has 94 valence electrons. The summed E-state index contributed by atoms with van der Waals surface area (Å²) < 4.78 is 0. The van der Waals surface area contributed by atoms with Gasteiger partial charge >= 0.3 is 0 Å². The van der Waals surface area contributed by atoms with Gasteiger partial charge in [0.1, 0.15) is 0 Å². The van der Waals surface area contributed by atoms with Gasteiger partial charge in [0, 0.05) is 37.6 Å². The van der Waals surface area contributed by atoms with Crippen molar-refractivity contribution in [3.05, 3.63) is 59.4 Å². The Bertz CT molecular complexity index is 511. The SMILES string of the molecule is Cc1ccc(N(C)Cc2ccncc2)c(CCl)c1. The molecule has 1 aromatic carbocycles. The molecule has 2 aromatic rings. The van der Waals surface area contributed by atoms with E-state index in [2.05, 4.69) is 42.1 Å². The normalized spacial score (nSPS) is 10.4. The van der Waals surface area contributed by atoms with E-state index < -0.39 is 0 Å². The molecule has 0 atom stereocenters. The van der Waals surface area contributed by atoms with Crippen LogP contribution in [0, 0.1) is 6.92 Å². The molecular weight excluding hydrogens is 244 g/mol. The van der Waals surface area contributed by atoms with Crippen LogP contribution in [0.2, 0.25) is 0 Å². The minimum atomic E-state index is 0.539. The number of benzene rings is 1. The minimum absolute atomic E-state index is 0.539. The summed E-state index contributed by atoms with van der Waals surface area (Å²) in [5, 5.41) is 0. The lowest BCUT2D eigenvalue weighted by Crippen LogP contribution is -2.17. The van der Waals surface area contributed by atoms with E-state index in [-0.39, 0.29) is 0 Å². The number of aryl methyl sites for hydroxylation is 1. The third kappa shape index (κ3) is 3.02. The van der Waals surface area contributed by atoms with Gasteiger partial charge in [-0.05, 0) is 36.2 Å². The number of hydrogen-bond donors (Lipinski definition) is 0. The van der Waals surface area contributed by atoms with E-state index in [1.165, 1.54) is 22.4 Å². The molecule has 0 amide bonds. The van der Waals surface area contributed by atoms with E-state index in [9.17, 15) is 0 Å². The molecule has 0 aliphatic rings. The molecule has 0 spiro atoms. The van der Waals surface area contributed by atoms with Crippen molar-refractivity contribution in [2.75, 3.05) is 11.9 Å². The summed E-state index contributed by atoms with van der Waals surface area (Å²) in [6.07, 6.45) is 3.64. The summed E-state index contributed by atoms with van der Waals surface area (Å²) in [4.78, 5) is 6.25. The number of rotatable bonds is 4. The highest BCUT2D eigenvalue weighted by molar-refractivity contribution is 6.17. The lowest BCUT2D eigenvalue weighted by Gasteiger charge is -2.22. The van der Waals surface area contributed by atoms with E-state index in [0.29, 0.717) is 5.88 Å². The van der Waals surface area contributed by atoms with E-state index >= 15 is 0 Å². The second-order valence-corrected chi connectivity index (χ2v) is 4.74. The first-order valence-electron chi connectivity index (χ1n) is 5.96. The van der Waals surface area contributed by atoms with Gasteiger partial charge in [-0.25, -0.2) is 0 Å². The first kappa shape index (κ1) is 12.9. The lowest BCUT2D eigenvalue weighted by molar-refractivity contribution is 0.912. The van der Waals surface area contributed by atoms with Crippen molar-refractivity contribution in [3.8, 4) is 0 Å². The number of pyridine rings is 1. The molecule has 0 aliphatic carbocycles. The summed E-state index contributed by atoms with van der Waals surface area (Å²) in [5.41, 5.74) is 4.85. The maximum absolute atomic E-state index is 6.01. The van der Waals surface area contributed by atoms with E-state index in [0.717, 1.165) is 6.54 Å².